The highest BCUT2D eigenvalue weighted by atomic mass is 35.5. The van der Waals surface area contributed by atoms with Gasteiger partial charge in [0, 0.05) is 16.4 Å². The van der Waals surface area contributed by atoms with Crippen molar-refractivity contribution in [1.29, 1.82) is 0 Å². The number of rotatable bonds is 4. The summed E-state index contributed by atoms with van der Waals surface area (Å²) in [6.07, 6.45) is 0. The lowest BCUT2D eigenvalue weighted by Gasteiger charge is -2.20. The van der Waals surface area contributed by atoms with Crippen molar-refractivity contribution >= 4 is 29.0 Å². The molecule has 0 bridgehead atoms. The predicted octanol–water partition coefficient (Wildman–Crippen LogP) is 6.54. The molecule has 2 rings (SSSR count). The minimum absolute atomic E-state index is 0.240. The first-order valence-electron chi connectivity index (χ1n) is 8.26. The Balaban J connectivity index is 2.28. The van der Waals surface area contributed by atoms with Crippen molar-refractivity contribution in [3.8, 4) is 0 Å². The second-order valence-electron chi connectivity index (χ2n) is 6.66. The summed E-state index contributed by atoms with van der Waals surface area (Å²) in [6.45, 7) is 10.4. The Bertz CT molecular complexity index is 712. The smallest absolute Gasteiger partial charge is 0.307 e. The predicted molar refractivity (Wildman–Crippen MR) is 103 cm³/mol. The van der Waals surface area contributed by atoms with E-state index in [4.69, 9.17) is 11.6 Å². The Morgan fingerprint density at radius 3 is 2.04 bits per heavy atom. The van der Waals surface area contributed by atoms with Gasteiger partial charge < -0.3 is 10.6 Å². The van der Waals surface area contributed by atoms with Crippen LogP contribution in [-0.4, -0.2) is 6.03 Å². The first kappa shape index (κ1) is 18.3. The van der Waals surface area contributed by atoms with E-state index in [2.05, 4.69) is 56.5 Å². The van der Waals surface area contributed by atoms with Crippen LogP contribution in [0, 0.1) is 6.92 Å². The van der Waals surface area contributed by atoms with Crippen LogP contribution in [0.15, 0.2) is 36.4 Å². The first-order chi connectivity index (χ1) is 11.3. The Kier molecular flexibility index (Phi) is 5.89. The molecule has 0 heterocycles. The molecule has 0 unspecified atom stereocenters. The minimum Gasteiger partial charge on any atom is -0.307 e. The number of anilines is 2. The Labute approximate surface area is 149 Å². The van der Waals surface area contributed by atoms with E-state index >= 15 is 0 Å². The van der Waals surface area contributed by atoms with Crippen LogP contribution in [0.25, 0.3) is 0 Å². The second-order valence-corrected chi connectivity index (χ2v) is 7.10. The molecule has 2 amide bonds. The summed E-state index contributed by atoms with van der Waals surface area (Å²) in [5, 5.41) is 6.62. The van der Waals surface area contributed by atoms with E-state index in [-0.39, 0.29) is 6.03 Å². The van der Waals surface area contributed by atoms with Crippen molar-refractivity contribution in [2.75, 3.05) is 10.6 Å². The molecule has 0 saturated heterocycles. The van der Waals surface area contributed by atoms with Gasteiger partial charge in [-0.2, -0.15) is 0 Å². The Morgan fingerprint density at radius 2 is 1.54 bits per heavy atom. The van der Waals surface area contributed by atoms with Gasteiger partial charge in [0.25, 0.3) is 0 Å². The van der Waals surface area contributed by atoms with Crippen LogP contribution in [0.1, 0.15) is 56.2 Å². The highest BCUT2D eigenvalue weighted by Gasteiger charge is 2.16. The molecule has 3 nitrogen and oxygen atoms in total. The Hall–Kier alpha value is -2.00. The normalized spacial score (nSPS) is 11.0. The standard InChI is InChI=1S/C20H25ClN2O/c1-12(2)16-7-6-8-17(13(3)4)19(16)23-20(24)22-18-10-9-15(21)11-14(18)5/h6-13H,1-5H3,(H2,22,23,24). The van der Waals surface area contributed by atoms with Crippen molar-refractivity contribution in [2.45, 2.75) is 46.5 Å². The third kappa shape index (κ3) is 4.30. The summed E-state index contributed by atoms with van der Waals surface area (Å²) in [5.74, 6) is 0.660. The molecule has 0 saturated carbocycles. The number of hydrogen-bond donors (Lipinski definition) is 2. The van der Waals surface area contributed by atoms with Gasteiger partial charge in [-0.25, -0.2) is 4.79 Å². The molecule has 0 fully saturated rings. The number of para-hydroxylation sites is 1. The van der Waals surface area contributed by atoms with Gasteiger partial charge in [-0.15, -0.1) is 0 Å². The number of aryl methyl sites for hydroxylation is 1. The Morgan fingerprint density at radius 1 is 0.958 bits per heavy atom. The third-order valence-corrected chi connectivity index (χ3v) is 4.28. The summed E-state index contributed by atoms with van der Waals surface area (Å²) in [5.41, 5.74) is 4.88. The number of nitrogens with one attached hydrogen (secondary N) is 2. The molecule has 0 aliphatic heterocycles. The molecule has 0 aliphatic carbocycles. The minimum atomic E-state index is -0.240. The van der Waals surface area contributed by atoms with Gasteiger partial charge in [-0.05, 0) is 53.6 Å². The molecule has 0 aliphatic rings. The van der Waals surface area contributed by atoms with Crippen molar-refractivity contribution in [2.24, 2.45) is 0 Å². The molecule has 0 aromatic heterocycles. The van der Waals surface area contributed by atoms with Gasteiger partial charge in [-0.3, -0.25) is 0 Å². The molecule has 24 heavy (non-hydrogen) atoms. The van der Waals surface area contributed by atoms with Gasteiger partial charge in [0.05, 0.1) is 0 Å². The zero-order valence-corrected chi connectivity index (χ0v) is 15.7. The van der Waals surface area contributed by atoms with Crippen molar-refractivity contribution in [3.05, 3.63) is 58.1 Å². The number of carbonyl (C=O) groups excluding carboxylic acids is 1. The summed E-state index contributed by atoms with van der Waals surface area (Å²) < 4.78 is 0. The summed E-state index contributed by atoms with van der Waals surface area (Å²) in [7, 11) is 0. The van der Waals surface area contributed by atoms with E-state index in [9.17, 15) is 4.79 Å². The van der Waals surface area contributed by atoms with Crippen molar-refractivity contribution < 1.29 is 4.79 Å². The third-order valence-electron chi connectivity index (χ3n) is 4.05. The van der Waals surface area contributed by atoms with E-state index < -0.39 is 0 Å². The van der Waals surface area contributed by atoms with Crippen molar-refractivity contribution in [3.63, 3.8) is 0 Å². The van der Waals surface area contributed by atoms with Crippen LogP contribution < -0.4 is 10.6 Å². The number of hydrogen-bond acceptors (Lipinski definition) is 1. The maximum absolute atomic E-state index is 12.5. The van der Waals surface area contributed by atoms with Crippen LogP contribution in [0.4, 0.5) is 16.2 Å². The van der Waals surface area contributed by atoms with E-state index in [0.717, 1.165) is 28.1 Å². The molecule has 2 aromatic rings. The zero-order chi connectivity index (χ0) is 17.9. The zero-order valence-electron chi connectivity index (χ0n) is 14.9. The monoisotopic (exact) mass is 344 g/mol. The average Bonchev–Trinajstić information content (AvgIpc) is 2.49. The van der Waals surface area contributed by atoms with Gasteiger partial charge >= 0.3 is 6.03 Å². The highest BCUT2D eigenvalue weighted by Crippen LogP contribution is 2.32. The number of amides is 2. The molecule has 2 aromatic carbocycles. The highest BCUT2D eigenvalue weighted by molar-refractivity contribution is 6.30. The van der Waals surface area contributed by atoms with Crippen molar-refractivity contribution in [1.82, 2.24) is 0 Å². The fraction of sp³-hybridized carbons (Fsp3) is 0.350. The van der Waals surface area contributed by atoms with Crippen LogP contribution in [0.5, 0.6) is 0 Å². The van der Waals surface area contributed by atoms with Gasteiger partial charge in [0.1, 0.15) is 0 Å². The topological polar surface area (TPSA) is 41.1 Å². The molecule has 0 atom stereocenters. The fourth-order valence-electron chi connectivity index (χ4n) is 2.73. The molecular weight excluding hydrogens is 320 g/mol. The van der Waals surface area contributed by atoms with E-state index in [1.54, 1.807) is 6.07 Å². The quantitative estimate of drug-likeness (QED) is 0.649. The van der Waals surface area contributed by atoms with Crippen LogP contribution >= 0.6 is 11.6 Å². The molecule has 2 N–H and O–H groups in total. The fourth-order valence-corrected chi connectivity index (χ4v) is 2.96. The van der Waals surface area contributed by atoms with E-state index in [1.165, 1.54) is 0 Å². The first-order valence-corrected chi connectivity index (χ1v) is 8.64. The van der Waals surface area contributed by atoms with E-state index in [0.29, 0.717) is 16.9 Å². The molecular formula is C20H25ClN2O. The van der Waals surface area contributed by atoms with Crippen LogP contribution in [0.3, 0.4) is 0 Å². The molecule has 0 spiro atoms. The average molecular weight is 345 g/mol. The summed E-state index contributed by atoms with van der Waals surface area (Å²) >= 11 is 5.97. The lowest BCUT2D eigenvalue weighted by molar-refractivity contribution is 0.262. The van der Waals surface area contributed by atoms with Gasteiger partial charge in [0.15, 0.2) is 0 Å². The summed E-state index contributed by atoms with van der Waals surface area (Å²) in [4.78, 5) is 12.5. The molecule has 0 radical (unpaired) electrons. The maximum Gasteiger partial charge on any atom is 0.323 e. The number of urea groups is 1. The van der Waals surface area contributed by atoms with Gasteiger partial charge in [-0.1, -0.05) is 57.5 Å². The van der Waals surface area contributed by atoms with Crippen LogP contribution in [0.2, 0.25) is 5.02 Å². The molecule has 4 heteroatoms. The SMILES string of the molecule is Cc1cc(Cl)ccc1NC(=O)Nc1c(C(C)C)cccc1C(C)C. The lowest BCUT2D eigenvalue weighted by atomic mass is 9.93. The number of carbonyl (C=O) groups is 1. The largest absolute Gasteiger partial charge is 0.323 e. The number of halogens is 1. The lowest BCUT2D eigenvalue weighted by Crippen LogP contribution is -2.22. The molecule has 128 valence electrons. The van der Waals surface area contributed by atoms with E-state index in [1.807, 2.05) is 19.1 Å². The summed E-state index contributed by atoms with van der Waals surface area (Å²) in [6, 6.07) is 11.4. The van der Waals surface area contributed by atoms with Crippen LogP contribution in [-0.2, 0) is 0 Å². The van der Waals surface area contributed by atoms with Gasteiger partial charge in [0.2, 0.25) is 0 Å². The number of benzene rings is 2. The second kappa shape index (κ2) is 7.71. The maximum atomic E-state index is 12.5.